The van der Waals surface area contributed by atoms with Crippen LogP contribution in [0.1, 0.15) is 30.7 Å². The quantitative estimate of drug-likeness (QED) is 0.484. The predicted molar refractivity (Wildman–Crippen MR) is 126 cm³/mol. The zero-order valence-electron chi connectivity index (χ0n) is 18.1. The average Bonchev–Trinajstić information content (AvgIpc) is 3.00. The molecule has 0 aliphatic carbocycles. The van der Waals surface area contributed by atoms with Crippen LogP contribution in [0.3, 0.4) is 0 Å². The second-order valence-electron chi connectivity index (χ2n) is 8.47. The maximum Gasteiger partial charge on any atom is 0.178 e. The van der Waals surface area contributed by atoms with E-state index in [1.54, 1.807) is 0 Å². The van der Waals surface area contributed by atoms with E-state index >= 15 is 0 Å². The number of aromatic amines is 1. The number of rotatable bonds is 2. The minimum atomic E-state index is 0.457. The number of H-pyrrole nitrogens is 1. The summed E-state index contributed by atoms with van der Waals surface area (Å²) in [5, 5.41) is 11.6. The largest absolute Gasteiger partial charge is 0.353 e. The van der Waals surface area contributed by atoms with Crippen molar-refractivity contribution in [1.82, 2.24) is 20.1 Å². The van der Waals surface area contributed by atoms with Crippen molar-refractivity contribution in [2.24, 2.45) is 4.99 Å². The second kappa shape index (κ2) is 7.66. The van der Waals surface area contributed by atoms with E-state index in [4.69, 9.17) is 21.6 Å². The lowest BCUT2D eigenvalue weighted by Crippen LogP contribution is -2.55. The Kier molecular flexibility index (Phi) is 4.95. The number of fused-ring (bicyclic) bond motifs is 2. The zero-order chi connectivity index (χ0) is 21.7. The molecular weight excluding hydrogens is 410 g/mol. The SMILES string of the molecule is Cc1[nH]nc2c1N=C(c1ccccc1Cl)c1cnc(N3C[C@@H](C)N(C)[C@@H](C)C3)cc1N2. The highest BCUT2D eigenvalue weighted by atomic mass is 35.5. The van der Waals surface area contributed by atoms with Crippen molar-refractivity contribution in [3.8, 4) is 0 Å². The number of nitrogens with zero attached hydrogens (tertiary/aromatic N) is 5. The molecular formula is C23H26ClN7. The van der Waals surface area contributed by atoms with Crippen molar-refractivity contribution in [3.63, 3.8) is 0 Å². The third-order valence-corrected chi connectivity index (χ3v) is 6.68. The fourth-order valence-electron chi connectivity index (χ4n) is 4.31. The molecule has 0 bridgehead atoms. The Hall–Kier alpha value is -2.90. The van der Waals surface area contributed by atoms with Gasteiger partial charge in [0.25, 0.3) is 0 Å². The molecule has 2 aromatic heterocycles. The van der Waals surface area contributed by atoms with Gasteiger partial charge in [-0.1, -0.05) is 29.8 Å². The van der Waals surface area contributed by atoms with Crippen LogP contribution in [0, 0.1) is 6.92 Å². The van der Waals surface area contributed by atoms with Crippen LogP contribution in [-0.2, 0) is 0 Å². The van der Waals surface area contributed by atoms with Crippen LogP contribution in [0.2, 0.25) is 5.02 Å². The maximum absolute atomic E-state index is 6.56. The molecule has 5 rings (SSSR count). The van der Waals surface area contributed by atoms with Gasteiger partial charge in [0.1, 0.15) is 11.5 Å². The van der Waals surface area contributed by atoms with Crippen LogP contribution >= 0.6 is 11.6 Å². The first-order valence-electron chi connectivity index (χ1n) is 10.5. The smallest absolute Gasteiger partial charge is 0.178 e. The molecule has 0 saturated carbocycles. The lowest BCUT2D eigenvalue weighted by atomic mass is 10.0. The average molecular weight is 436 g/mol. The lowest BCUT2D eigenvalue weighted by molar-refractivity contribution is 0.169. The van der Waals surface area contributed by atoms with Crippen LogP contribution in [0.4, 0.5) is 23.0 Å². The normalized spacial score (nSPS) is 21.1. The summed E-state index contributed by atoms with van der Waals surface area (Å²) in [4.78, 5) is 14.6. The molecule has 4 heterocycles. The van der Waals surface area contributed by atoms with E-state index < -0.39 is 0 Å². The van der Waals surface area contributed by atoms with Gasteiger partial charge in [0, 0.05) is 53.6 Å². The van der Waals surface area contributed by atoms with E-state index in [1.165, 1.54) is 0 Å². The van der Waals surface area contributed by atoms with E-state index in [2.05, 4.69) is 52.3 Å². The number of nitrogens with one attached hydrogen (secondary N) is 2. The fourth-order valence-corrected chi connectivity index (χ4v) is 4.53. The van der Waals surface area contributed by atoms with Gasteiger partial charge in [0.15, 0.2) is 5.82 Å². The summed E-state index contributed by atoms with van der Waals surface area (Å²) in [5.41, 5.74) is 5.18. The van der Waals surface area contributed by atoms with Gasteiger partial charge in [-0.2, -0.15) is 5.10 Å². The van der Waals surface area contributed by atoms with Crippen LogP contribution in [0.5, 0.6) is 0 Å². The van der Waals surface area contributed by atoms with Crippen molar-refractivity contribution in [3.05, 3.63) is 58.4 Å². The minimum absolute atomic E-state index is 0.457. The molecule has 0 radical (unpaired) electrons. The lowest BCUT2D eigenvalue weighted by Gasteiger charge is -2.43. The Bertz CT molecular complexity index is 1160. The van der Waals surface area contributed by atoms with Gasteiger partial charge in [-0.15, -0.1) is 0 Å². The number of likely N-dealkylation sites (N-methyl/N-ethyl adjacent to an activating group) is 1. The van der Waals surface area contributed by atoms with Gasteiger partial charge < -0.3 is 10.2 Å². The number of aryl methyl sites for hydroxylation is 1. The Morgan fingerprint density at radius 1 is 1.10 bits per heavy atom. The molecule has 1 fully saturated rings. The summed E-state index contributed by atoms with van der Waals surface area (Å²) in [6.45, 7) is 8.35. The van der Waals surface area contributed by atoms with E-state index in [9.17, 15) is 0 Å². The number of anilines is 3. The van der Waals surface area contributed by atoms with Gasteiger partial charge in [0.2, 0.25) is 0 Å². The summed E-state index contributed by atoms with van der Waals surface area (Å²) < 4.78 is 0. The molecule has 31 heavy (non-hydrogen) atoms. The Balaban J connectivity index is 1.62. The molecule has 0 amide bonds. The summed E-state index contributed by atoms with van der Waals surface area (Å²) in [5.74, 6) is 1.66. The molecule has 2 aliphatic heterocycles. The minimum Gasteiger partial charge on any atom is -0.353 e. The monoisotopic (exact) mass is 435 g/mol. The molecule has 8 heteroatoms. The maximum atomic E-state index is 6.56. The number of hydrogen-bond donors (Lipinski definition) is 2. The highest BCUT2D eigenvalue weighted by Crippen LogP contribution is 2.38. The highest BCUT2D eigenvalue weighted by Gasteiger charge is 2.29. The van der Waals surface area contributed by atoms with Crippen molar-refractivity contribution in [2.45, 2.75) is 32.9 Å². The standard InChI is InChI=1S/C23H26ClN7/c1-13-11-31(12-14(2)30(13)4)20-9-19-17(10-25-20)22(16-7-5-6-8-18(16)24)27-21-15(3)28-29-23(21)26-19/h5-10,13-14H,11-12H2,1-4H3,(H2,26,28,29)/t13-,14+. The summed E-state index contributed by atoms with van der Waals surface area (Å²) in [6, 6.07) is 10.8. The molecule has 0 spiro atoms. The van der Waals surface area contributed by atoms with Crippen LogP contribution < -0.4 is 10.2 Å². The van der Waals surface area contributed by atoms with Gasteiger partial charge in [0.05, 0.1) is 17.1 Å². The van der Waals surface area contributed by atoms with Crippen molar-refractivity contribution in [1.29, 1.82) is 0 Å². The molecule has 1 saturated heterocycles. The van der Waals surface area contributed by atoms with Crippen molar-refractivity contribution in [2.75, 3.05) is 30.4 Å². The third-order valence-electron chi connectivity index (χ3n) is 6.35. The van der Waals surface area contributed by atoms with Crippen molar-refractivity contribution < 1.29 is 0 Å². The van der Waals surface area contributed by atoms with E-state index in [0.29, 0.717) is 22.9 Å². The van der Waals surface area contributed by atoms with E-state index in [0.717, 1.165) is 52.8 Å². The molecule has 0 unspecified atom stereocenters. The number of hydrogen-bond acceptors (Lipinski definition) is 6. The number of aliphatic imine (C=N–C) groups is 1. The Labute approximate surface area is 187 Å². The number of aromatic nitrogens is 3. The molecule has 3 aromatic rings. The predicted octanol–water partition coefficient (Wildman–Crippen LogP) is 4.52. The Morgan fingerprint density at radius 2 is 1.84 bits per heavy atom. The first kappa shape index (κ1) is 20.0. The van der Waals surface area contributed by atoms with E-state index in [1.807, 2.05) is 37.4 Å². The topological polar surface area (TPSA) is 72.4 Å². The van der Waals surface area contributed by atoms with Gasteiger partial charge in [-0.05, 0) is 33.9 Å². The molecule has 2 aliphatic rings. The van der Waals surface area contributed by atoms with Crippen molar-refractivity contribution >= 4 is 40.3 Å². The number of benzene rings is 1. The Morgan fingerprint density at radius 3 is 2.58 bits per heavy atom. The number of halogens is 1. The first-order valence-corrected chi connectivity index (χ1v) is 10.9. The van der Waals surface area contributed by atoms with Crippen LogP contribution in [-0.4, -0.2) is 58.0 Å². The summed E-state index contributed by atoms with van der Waals surface area (Å²) >= 11 is 6.56. The summed E-state index contributed by atoms with van der Waals surface area (Å²) in [6.07, 6.45) is 1.90. The molecule has 160 valence electrons. The molecule has 7 nitrogen and oxygen atoms in total. The van der Waals surface area contributed by atoms with Gasteiger partial charge in [-0.3, -0.25) is 10.00 Å². The zero-order valence-corrected chi connectivity index (χ0v) is 18.9. The molecule has 1 aromatic carbocycles. The van der Waals surface area contributed by atoms with Crippen LogP contribution in [0.15, 0.2) is 41.5 Å². The second-order valence-corrected chi connectivity index (χ2v) is 8.87. The molecule has 2 N–H and O–H groups in total. The number of piperazine rings is 1. The summed E-state index contributed by atoms with van der Waals surface area (Å²) in [7, 11) is 2.19. The van der Waals surface area contributed by atoms with Crippen LogP contribution in [0.25, 0.3) is 0 Å². The van der Waals surface area contributed by atoms with Gasteiger partial charge in [-0.25, -0.2) is 9.98 Å². The third kappa shape index (κ3) is 3.47. The number of pyridine rings is 1. The fraction of sp³-hybridized carbons (Fsp3) is 0.348. The van der Waals surface area contributed by atoms with E-state index in [-0.39, 0.29) is 0 Å². The van der Waals surface area contributed by atoms with Gasteiger partial charge >= 0.3 is 0 Å². The first-order chi connectivity index (χ1) is 14.9. The highest BCUT2D eigenvalue weighted by molar-refractivity contribution is 6.36. The molecule has 2 atom stereocenters.